The molecule has 8 heteroatoms. The van der Waals surface area contributed by atoms with Gasteiger partial charge in [0.2, 0.25) is 0 Å². The number of likely N-dealkylation sites (tertiary alicyclic amines) is 1. The Labute approximate surface area is 151 Å². The summed E-state index contributed by atoms with van der Waals surface area (Å²) in [4.78, 5) is 33.0. The van der Waals surface area contributed by atoms with Crippen molar-refractivity contribution in [3.63, 3.8) is 0 Å². The topological polar surface area (TPSA) is 91.6 Å². The summed E-state index contributed by atoms with van der Waals surface area (Å²) in [5.41, 5.74) is 2.42. The van der Waals surface area contributed by atoms with Gasteiger partial charge in [0.05, 0.1) is 17.0 Å². The van der Waals surface area contributed by atoms with Crippen LogP contribution in [-0.4, -0.2) is 59.6 Å². The van der Waals surface area contributed by atoms with E-state index in [0.717, 1.165) is 31.4 Å². The smallest absolute Gasteiger partial charge is 0.320 e. The van der Waals surface area contributed by atoms with Crippen LogP contribution < -0.4 is 5.32 Å². The summed E-state index contributed by atoms with van der Waals surface area (Å²) in [7, 11) is 5.08. The van der Waals surface area contributed by atoms with Gasteiger partial charge >= 0.3 is 6.03 Å². The maximum atomic E-state index is 12.5. The molecule has 3 amide bonds. The van der Waals surface area contributed by atoms with Crippen molar-refractivity contribution in [3.8, 4) is 0 Å². The Hall–Kier alpha value is -2.64. The summed E-state index contributed by atoms with van der Waals surface area (Å²) in [6, 6.07) is 1.59. The summed E-state index contributed by atoms with van der Waals surface area (Å²) in [6.07, 6.45) is 3.85. The second kappa shape index (κ2) is 6.26. The lowest BCUT2D eigenvalue weighted by Crippen LogP contribution is -2.38. The molecule has 138 valence electrons. The van der Waals surface area contributed by atoms with Crippen LogP contribution in [0.3, 0.4) is 0 Å². The van der Waals surface area contributed by atoms with Crippen LogP contribution in [0.25, 0.3) is 11.1 Å². The SMILES string of the molecule is CNC(=O)c1cc(C2CC2)nc2onc(C3CCCN3C(=O)N(C)C)c12. The second-order valence-electron chi connectivity index (χ2n) is 7.22. The minimum atomic E-state index is -0.205. The Morgan fingerprint density at radius 2 is 2.08 bits per heavy atom. The molecule has 1 saturated carbocycles. The fourth-order valence-electron chi connectivity index (χ4n) is 3.66. The quantitative estimate of drug-likeness (QED) is 0.910. The lowest BCUT2D eigenvalue weighted by molar-refractivity contribution is 0.0964. The molecule has 1 aliphatic heterocycles. The highest BCUT2D eigenvalue weighted by Gasteiger charge is 2.36. The Balaban J connectivity index is 1.83. The number of amides is 3. The molecule has 0 aromatic carbocycles. The first-order valence-corrected chi connectivity index (χ1v) is 9.01. The fourth-order valence-corrected chi connectivity index (χ4v) is 3.66. The summed E-state index contributed by atoms with van der Waals surface area (Å²) in [5, 5.41) is 7.55. The largest absolute Gasteiger partial charge is 0.355 e. The highest BCUT2D eigenvalue weighted by molar-refractivity contribution is 6.06. The van der Waals surface area contributed by atoms with E-state index >= 15 is 0 Å². The van der Waals surface area contributed by atoms with Crippen molar-refractivity contribution in [1.82, 2.24) is 25.3 Å². The molecule has 1 N–H and O–H groups in total. The van der Waals surface area contributed by atoms with E-state index in [4.69, 9.17) is 4.52 Å². The van der Waals surface area contributed by atoms with Gasteiger partial charge in [0.15, 0.2) is 0 Å². The van der Waals surface area contributed by atoms with Gasteiger partial charge < -0.3 is 19.6 Å². The first-order chi connectivity index (χ1) is 12.5. The van der Waals surface area contributed by atoms with Crippen molar-refractivity contribution < 1.29 is 14.1 Å². The lowest BCUT2D eigenvalue weighted by Gasteiger charge is -2.26. The van der Waals surface area contributed by atoms with E-state index in [1.54, 1.807) is 30.9 Å². The molecule has 1 aliphatic carbocycles. The van der Waals surface area contributed by atoms with E-state index in [1.807, 2.05) is 6.07 Å². The predicted molar refractivity (Wildman–Crippen MR) is 94.9 cm³/mol. The molecule has 2 aromatic heterocycles. The number of nitrogens with zero attached hydrogens (tertiary/aromatic N) is 4. The van der Waals surface area contributed by atoms with Crippen molar-refractivity contribution in [2.45, 2.75) is 37.6 Å². The number of fused-ring (bicyclic) bond motifs is 1. The van der Waals surface area contributed by atoms with Gasteiger partial charge in [-0.3, -0.25) is 4.79 Å². The minimum absolute atomic E-state index is 0.0623. The van der Waals surface area contributed by atoms with Crippen LogP contribution in [0, 0.1) is 0 Å². The Kier molecular flexibility index (Phi) is 4.05. The molecule has 2 aromatic rings. The minimum Gasteiger partial charge on any atom is -0.355 e. The zero-order chi connectivity index (χ0) is 18.4. The molecule has 0 bridgehead atoms. The van der Waals surface area contributed by atoms with Crippen molar-refractivity contribution in [1.29, 1.82) is 0 Å². The number of carbonyl (C=O) groups is 2. The number of hydrogen-bond donors (Lipinski definition) is 1. The van der Waals surface area contributed by atoms with Crippen molar-refractivity contribution in [2.75, 3.05) is 27.7 Å². The van der Waals surface area contributed by atoms with Crippen LogP contribution in [-0.2, 0) is 0 Å². The molecule has 3 heterocycles. The number of urea groups is 1. The maximum Gasteiger partial charge on any atom is 0.320 e. The van der Waals surface area contributed by atoms with E-state index in [-0.39, 0.29) is 18.0 Å². The van der Waals surface area contributed by atoms with Crippen LogP contribution in [0.1, 0.15) is 59.4 Å². The van der Waals surface area contributed by atoms with E-state index in [0.29, 0.717) is 34.8 Å². The molecule has 2 fully saturated rings. The second-order valence-corrected chi connectivity index (χ2v) is 7.22. The molecular formula is C18H23N5O3. The van der Waals surface area contributed by atoms with Crippen molar-refractivity contribution >= 4 is 23.0 Å². The lowest BCUT2D eigenvalue weighted by atomic mass is 10.0. The number of aromatic nitrogens is 2. The average Bonchev–Trinajstić information content (AvgIpc) is 3.23. The van der Waals surface area contributed by atoms with Crippen molar-refractivity contribution in [3.05, 3.63) is 23.0 Å². The van der Waals surface area contributed by atoms with Gasteiger partial charge in [-0.05, 0) is 31.7 Å². The average molecular weight is 357 g/mol. The van der Waals surface area contributed by atoms with Gasteiger partial charge in [-0.15, -0.1) is 0 Å². The molecule has 2 aliphatic rings. The molecule has 8 nitrogen and oxygen atoms in total. The third-order valence-electron chi connectivity index (χ3n) is 5.16. The highest BCUT2D eigenvalue weighted by Crippen LogP contribution is 2.42. The molecule has 1 atom stereocenters. The highest BCUT2D eigenvalue weighted by atomic mass is 16.5. The van der Waals surface area contributed by atoms with Gasteiger partial charge in [-0.25, -0.2) is 9.78 Å². The van der Waals surface area contributed by atoms with Crippen molar-refractivity contribution in [2.24, 2.45) is 0 Å². The van der Waals surface area contributed by atoms with Crippen LogP contribution in [0.4, 0.5) is 4.79 Å². The molecule has 1 unspecified atom stereocenters. The fraction of sp³-hybridized carbons (Fsp3) is 0.556. The predicted octanol–water partition coefficient (Wildman–Crippen LogP) is 2.28. The number of rotatable bonds is 3. The van der Waals surface area contributed by atoms with Crippen LogP contribution in [0.2, 0.25) is 0 Å². The Morgan fingerprint density at radius 3 is 2.73 bits per heavy atom. The monoisotopic (exact) mass is 357 g/mol. The third kappa shape index (κ3) is 2.69. The standard InChI is InChI=1S/C18H23N5O3/c1-19-16(24)11-9-12(10-6-7-10)20-17-14(11)15(21-26-17)13-5-4-8-23(13)18(25)22(2)3/h9-10,13H,4-8H2,1-3H3,(H,19,24). The summed E-state index contributed by atoms with van der Waals surface area (Å²) in [5.74, 6) is 0.210. The van der Waals surface area contributed by atoms with Gasteiger partial charge in [0.1, 0.15) is 5.69 Å². The van der Waals surface area contributed by atoms with E-state index in [9.17, 15) is 9.59 Å². The number of carbonyl (C=O) groups excluding carboxylic acids is 2. The summed E-state index contributed by atoms with van der Waals surface area (Å²) in [6.45, 7) is 0.666. The number of pyridine rings is 1. The molecular weight excluding hydrogens is 334 g/mol. The number of hydrogen-bond acceptors (Lipinski definition) is 5. The summed E-state index contributed by atoms with van der Waals surface area (Å²) >= 11 is 0. The zero-order valence-corrected chi connectivity index (χ0v) is 15.3. The molecule has 0 radical (unpaired) electrons. The zero-order valence-electron chi connectivity index (χ0n) is 15.3. The normalized spacial score (nSPS) is 19.8. The first-order valence-electron chi connectivity index (χ1n) is 9.01. The molecule has 0 spiro atoms. The van der Waals surface area contributed by atoms with Gasteiger partial charge in [-0.1, -0.05) is 5.16 Å². The van der Waals surface area contributed by atoms with Crippen LogP contribution in [0.5, 0.6) is 0 Å². The summed E-state index contributed by atoms with van der Waals surface area (Å²) < 4.78 is 5.51. The molecule has 4 rings (SSSR count). The Morgan fingerprint density at radius 1 is 1.31 bits per heavy atom. The van der Waals surface area contributed by atoms with E-state index in [1.165, 1.54) is 0 Å². The number of nitrogens with one attached hydrogen (secondary N) is 1. The Bertz CT molecular complexity index is 871. The maximum absolute atomic E-state index is 12.5. The molecule has 26 heavy (non-hydrogen) atoms. The van der Waals surface area contributed by atoms with E-state index < -0.39 is 0 Å². The van der Waals surface area contributed by atoms with Crippen LogP contribution >= 0.6 is 0 Å². The van der Waals surface area contributed by atoms with Crippen LogP contribution in [0.15, 0.2) is 10.6 Å². The van der Waals surface area contributed by atoms with Gasteiger partial charge in [-0.2, -0.15) is 0 Å². The van der Waals surface area contributed by atoms with Gasteiger partial charge in [0.25, 0.3) is 11.6 Å². The van der Waals surface area contributed by atoms with Gasteiger partial charge in [0, 0.05) is 39.3 Å². The third-order valence-corrected chi connectivity index (χ3v) is 5.16. The molecule has 1 saturated heterocycles. The first kappa shape index (κ1) is 16.8. The van der Waals surface area contributed by atoms with E-state index in [2.05, 4.69) is 15.5 Å².